The van der Waals surface area contributed by atoms with Crippen LogP contribution in [-0.2, 0) is 11.2 Å². The fourth-order valence-corrected chi connectivity index (χ4v) is 3.36. The molecular weight excluding hydrogens is 466 g/mol. The van der Waals surface area contributed by atoms with E-state index in [9.17, 15) is 9.59 Å². The first-order valence-electron chi connectivity index (χ1n) is 11.7. The van der Waals surface area contributed by atoms with Crippen molar-refractivity contribution in [2.24, 2.45) is 0 Å². The number of halogens is 1. The van der Waals surface area contributed by atoms with Gasteiger partial charge in [0, 0.05) is 11.6 Å². The second-order valence-electron chi connectivity index (χ2n) is 7.80. The van der Waals surface area contributed by atoms with Gasteiger partial charge in [0.2, 0.25) is 6.41 Å². The number of carbonyl (C=O) groups is 2. The number of nitriles is 1. The molecule has 0 unspecified atom stereocenters. The molecule has 2 aromatic carbocycles. The second kappa shape index (κ2) is 14.0. The molecule has 35 heavy (non-hydrogen) atoms. The third-order valence-corrected chi connectivity index (χ3v) is 5.50. The normalized spacial score (nSPS) is 16.6. The third kappa shape index (κ3) is 8.66. The van der Waals surface area contributed by atoms with Crippen LogP contribution in [-0.4, -0.2) is 37.6 Å². The van der Waals surface area contributed by atoms with Gasteiger partial charge in [0.1, 0.15) is 30.3 Å². The number of carbonyl (C=O) groups excluding carboxylic acids is 2. The summed E-state index contributed by atoms with van der Waals surface area (Å²) in [5.41, 5.74) is 2.20. The van der Waals surface area contributed by atoms with E-state index in [4.69, 9.17) is 26.3 Å². The van der Waals surface area contributed by atoms with Crippen molar-refractivity contribution in [1.82, 2.24) is 10.6 Å². The first-order valence-corrected chi connectivity index (χ1v) is 12.0. The predicted octanol–water partition coefficient (Wildman–Crippen LogP) is 4.76. The van der Waals surface area contributed by atoms with Gasteiger partial charge in [-0.1, -0.05) is 37.6 Å². The minimum absolute atomic E-state index is 0.190. The molecule has 2 amide bonds. The fraction of sp³-hybridized carbons (Fsp3) is 0.370. The maximum absolute atomic E-state index is 12.5. The van der Waals surface area contributed by atoms with Crippen molar-refractivity contribution in [3.8, 4) is 17.6 Å². The average molecular weight is 498 g/mol. The van der Waals surface area contributed by atoms with Gasteiger partial charge < -0.3 is 20.1 Å². The Balaban J connectivity index is 0.000000363. The summed E-state index contributed by atoms with van der Waals surface area (Å²) in [6.07, 6.45) is 6.70. The second-order valence-corrected chi connectivity index (χ2v) is 8.23. The van der Waals surface area contributed by atoms with Crippen molar-refractivity contribution in [2.45, 2.75) is 45.6 Å². The van der Waals surface area contributed by atoms with Crippen LogP contribution in [0, 0.1) is 18.3 Å². The Morgan fingerprint density at radius 2 is 1.74 bits per heavy atom. The van der Waals surface area contributed by atoms with Gasteiger partial charge in [-0.25, -0.2) is 0 Å². The molecule has 2 N–H and O–H groups in total. The highest BCUT2D eigenvalue weighted by Crippen LogP contribution is 2.33. The molecule has 1 fully saturated rings. The highest BCUT2D eigenvalue weighted by Gasteiger charge is 2.42. The minimum Gasteiger partial charge on any atom is -0.489 e. The van der Waals surface area contributed by atoms with Gasteiger partial charge >= 0.3 is 0 Å². The zero-order valence-corrected chi connectivity index (χ0v) is 21.2. The van der Waals surface area contributed by atoms with Crippen LogP contribution in [0.4, 0.5) is 0 Å². The summed E-state index contributed by atoms with van der Waals surface area (Å²) in [6, 6.07) is 13.1. The molecule has 1 saturated carbocycles. The van der Waals surface area contributed by atoms with Gasteiger partial charge in [-0.15, -0.1) is 0 Å². The fourth-order valence-electron chi connectivity index (χ4n) is 3.19. The average Bonchev–Trinajstić information content (AvgIpc) is 3.64. The van der Waals surface area contributed by atoms with Crippen LogP contribution < -0.4 is 20.1 Å². The van der Waals surface area contributed by atoms with E-state index in [1.165, 1.54) is 0 Å². The lowest BCUT2D eigenvalue weighted by Crippen LogP contribution is -2.27. The lowest BCUT2D eigenvalue weighted by molar-refractivity contribution is -0.110. The number of nitrogens with zero attached hydrogens (tertiary/aromatic N) is 1. The Labute approximate surface area is 212 Å². The first kappa shape index (κ1) is 27.7. The van der Waals surface area contributed by atoms with Crippen molar-refractivity contribution < 1.29 is 19.1 Å². The summed E-state index contributed by atoms with van der Waals surface area (Å²) in [4.78, 5) is 22.2. The Hall–Kier alpha value is -3.50. The van der Waals surface area contributed by atoms with Crippen LogP contribution in [0.1, 0.15) is 48.2 Å². The van der Waals surface area contributed by atoms with Crippen LogP contribution in [0.2, 0.25) is 5.02 Å². The summed E-state index contributed by atoms with van der Waals surface area (Å²) in [7, 11) is 0. The van der Waals surface area contributed by atoms with Crippen LogP contribution >= 0.6 is 11.6 Å². The number of hydrogen-bond acceptors (Lipinski definition) is 5. The molecule has 2 heterocycles. The number of fused-ring (bicyclic) bond motifs is 9. The molecule has 1 aliphatic carbocycles. The van der Waals surface area contributed by atoms with Gasteiger partial charge in [0.25, 0.3) is 5.91 Å². The van der Waals surface area contributed by atoms with E-state index in [-0.39, 0.29) is 5.91 Å². The summed E-state index contributed by atoms with van der Waals surface area (Å²) in [5, 5.41) is 14.2. The molecular formula is C27H32ClN3O4. The summed E-state index contributed by atoms with van der Waals surface area (Å²) in [5.74, 6) is 1.19. The van der Waals surface area contributed by atoms with Gasteiger partial charge in [-0.05, 0) is 73.7 Å². The van der Waals surface area contributed by atoms with Crippen molar-refractivity contribution in [3.05, 3.63) is 70.3 Å². The number of ether oxygens (including phenoxy) is 2. The number of benzene rings is 2. The summed E-state index contributed by atoms with van der Waals surface area (Å²) >= 11 is 6.03. The van der Waals surface area contributed by atoms with Gasteiger partial charge in [-0.2, -0.15) is 5.26 Å². The lowest BCUT2D eigenvalue weighted by Gasteiger charge is -2.13. The third-order valence-electron chi connectivity index (χ3n) is 5.26. The monoisotopic (exact) mass is 497 g/mol. The number of rotatable bonds is 2. The van der Waals surface area contributed by atoms with E-state index in [0.717, 1.165) is 36.1 Å². The van der Waals surface area contributed by atoms with Crippen LogP contribution in [0.5, 0.6) is 11.5 Å². The molecule has 0 aromatic heterocycles. The maximum atomic E-state index is 12.5. The van der Waals surface area contributed by atoms with E-state index in [1.54, 1.807) is 18.2 Å². The topological polar surface area (TPSA) is 100 Å². The molecule has 3 aliphatic rings. The maximum Gasteiger partial charge on any atom is 0.255 e. The molecule has 5 rings (SSSR count). The number of amides is 2. The van der Waals surface area contributed by atoms with Crippen molar-refractivity contribution >= 4 is 23.9 Å². The summed E-state index contributed by atoms with van der Waals surface area (Å²) in [6.45, 7) is 7.37. The van der Waals surface area contributed by atoms with Crippen LogP contribution in [0.25, 0.3) is 0 Å². The van der Waals surface area contributed by atoms with E-state index in [2.05, 4.69) is 16.7 Å². The highest BCUT2D eigenvalue weighted by atomic mass is 35.5. The Morgan fingerprint density at radius 3 is 2.31 bits per heavy atom. The largest absolute Gasteiger partial charge is 0.489 e. The first-order chi connectivity index (χ1) is 17.0. The molecule has 0 spiro atoms. The smallest absolute Gasteiger partial charge is 0.255 e. The molecule has 2 aliphatic heterocycles. The molecule has 0 atom stereocenters. The molecule has 0 saturated heterocycles. The SMILES string of the molecule is CC.Cc1cc2ccc1OC/C=C/COc1ccc(Cl)cc1C(=O)NCC2.N#CC1(NC=O)CC1. The van der Waals surface area contributed by atoms with Gasteiger partial charge in [-0.3, -0.25) is 9.59 Å². The van der Waals surface area contributed by atoms with Crippen molar-refractivity contribution in [1.29, 1.82) is 5.26 Å². The number of hydrogen-bond donors (Lipinski definition) is 2. The van der Waals surface area contributed by atoms with E-state index in [1.807, 2.05) is 51.1 Å². The van der Waals surface area contributed by atoms with E-state index < -0.39 is 5.54 Å². The van der Waals surface area contributed by atoms with Gasteiger partial charge in [0.05, 0.1) is 11.6 Å². The zero-order valence-electron chi connectivity index (χ0n) is 20.4. The van der Waals surface area contributed by atoms with Gasteiger partial charge in [0.15, 0.2) is 0 Å². The van der Waals surface area contributed by atoms with E-state index >= 15 is 0 Å². The van der Waals surface area contributed by atoms with Crippen LogP contribution in [0.15, 0.2) is 48.6 Å². The molecule has 0 radical (unpaired) electrons. The predicted molar refractivity (Wildman–Crippen MR) is 137 cm³/mol. The quantitative estimate of drug-likeness (QED) is 0.460. The molecule has 7 nitrogen and oxygen atoms in total. The molecule has 2 aromatic rings. The minimum atomic E-state index is -0.470. The van der Waals surface area contributed by atoms with Crippen LogP contribution in [0.3, 0.4) is 0 Å². The number of aryl methyl sites for hydroxylation is 1. The molecule has 8 heteroatoms. The lowest BCUT2D eigenvalue weighted by atomic mass is 10.1. The zero-order chi connectivity index (χ0) is 25.7. The Kier molecular flexibility index (Phi) is 11.1. The summed E-state index contributed by atoms with van der Waals surface area (Å²) < 4.78 is 11.5. The van der Waals surface area contributed by atoms with Crippen molar-refractivity contribution in [2.75, 3.05) is 19.8 Å². The van der Waals surface area contributed by atoms with E-state index in [0.29, 0.717) is 42.5 Å². The number of nitrogens with one attached hydrogen (secondary N) is 2. The van der Waals surface area contributed by atoms with Crippen molar-refractivity contribution in [3.63, 3.8) is 0 Å². The standard InChI is InChI=1S/C20H20ClNO3.C5H6N2O.C2H6/c1-14-12-15-4-6-18(14)24-10-2-3-11-25-19-7-5-16(21)13-17(19)20(23)22-9-8-15;6-3-5(1-2-5)7-4-8;1-2/h2-7,12-13H,8-11H2,1H3,(H,22,23);4H,1-2H2,(H,7,8);1-2H3/b3-2+;;. The Morgan fingerprint density at radius 1 is 1.09 bits per heavy atom. The molecule has 2 bridgehead atoms. The molecule has 186 valence electrons. The Bertz CT molecular complexity index is 1070. The highest BCUT2D eigenvalue weighted by molar-refractivity contribution is 6.31.